The maximum Gasteiger partial charge on any atom is 0.331 e. The molecule has 4 nitrogen and oxygen atoms in total. The molecule has 19 heavy (non-hydrogen) atoms. The molecule has 2 N–H and O–H groups in total. The summed E-state index contributed by atoms with van der Waals surface area (Å²) in [7, 11) is 0. The number of hydrogen-bond acceptors (Lipinski definition) is 2. The third kappa shape index (κ3) is 2.98. The van der Waals surface area contributed by atoms with Crippen molar-refractivity contribution in [3.63, 3.8) is 0 Å². The average molecular weight is 255 g/mol. The van der Waals surface area contributed by atoms with E-state index in [0.29, 0.717) is 5.69 Å². The van der Waals surface area contributed by atoms with Crippen LogP contribution in [0.4, 0.5) is 5.69 Å². The summed E-state index contributed by atoms with van der Waals surface area (Å²) in [6.45, 7) is 1.38. The molecule has 0 aromatic heterocycles. The molecule has 0 radical (unpaired) electrons. The highest BCUT2D eigenvalue weighted by atomic mass is 16.4. The van der Waals surface area contributed by atoms with Crippen molar-refractivity contribution in [2.75, 3.05) is 5.32 Å². The molecular weight excluding hydrogens is 242 g/mol. The molecule has 0 aliphatic heterocycles. The molecule has 1 amide bonds. The van der Waals surface area contributed by atoms with Gasteiger partial charge in [-0.15, -0.1) is 0 Å². The fourth-order valence-corrected chi connectivity index (χ4v) is 1.76. The van der Waals surface area contributed by atoms with Crippen molar-refractivity contribution in [3.8, 4) is 0 Å². The Morgan fingerprint density at radius 1 is 1.11 bits per heavy atom. The molecular formula is C15H13NO3. The summed E-state index contributed by atoms with van der Waals surface area (Å²) in [5, 5.41) is 13.3. The second-order valence-corrected chi connectivity index (χ2v) is 4.15. The Balaban J connectivity index is 2.29. The van der Waals surface area contributed by atoms with E-state index in [0.717, 1.165) is 16.8 Å². The molecule has 0 aliphatic carbocycles. The van der Waals surface area contributed by atoms with Crippen LogP contribution < -0.4 is 5.32 Å². The molecule has 0 spiro atoms. The van der Waals surface area contributed by atoms with Crippen molar-refractivity contribution in [3.05, 3.63) is 54.1 Å². The lowest BCUT2D eigenvalue weighted by Gasteiger charge is -2.06. The van der Waals surface area contributed by atoms with E-state index in [4.69, 9.17) is 5.11 Å². The number of carbonyl (C=O) groups is 2. The van der Waals surface area contributed by atoms with Gasteiger partial charge in [-0.1, -0.05) is 36.4 Å². The maximum atomic E-state index is 11.7. The lowest BCUT2D eigenvalue weighted by molar-refractivity contribution is -0.132. The number of carbonyl (C=O) groups excluding carboxylic acids is 1. The van der Waals surface area contributed by atoms with E-state index in [1.807, 2.05) is 36.4 Å². The molecule has 0 aliphatic rings. The minimum Gasteiger partial charge on any atom is -0.478 e. The number of nitrogens with one attached hydrogen (secondary N) is 1. The number of amides is 1. The summed E-state index contributed by atoms with van der Waals surface area (Å²) in [4.78, 5) is 22.4. The number of anilines is 1. The van der Waals surface area contributed by atoms with Crippen molar-refractivity contribution < 1.29 is 14.7 Å². The standard InChI is InChI=1S/C15H13NO3/c1-10(15(18)19)9-14(17)16-13-8-4-6-11-5-2-3-7-12(11)13/h2-9H,1H3,(H,16,17)(H,18,19)/b10-9+. The normalized spacial score (nSPS) is 11.3. The van der Waals surface area contributed by atoms with Gasteiger partial charge in [-0.3, -0.25) is 4.79 Å². The lowest BCUT2D eigenvalue weighted by Crippen LogP contribution is -2.11. The van der Waals surface area contributed by atoms with Crippen LogP contribution in [0.3, 0.4) is 0 Å². The van der Waals surface area contributed by atoms with Crippen LogP contribution in [0.15, 0.2) is 54.1 Å². The molecule has 0 saturated carbocycles. The molecule has 0 heterocycles. The molecule has 96 valence electrons. The summed E-state index contributed by atoms with van der Waals surface area (Å²) < 4.78 is 0. The number of fused-ring (bicyclic) bond motifs is 1. The summed E-state index contributed by atoms with van der Waals surface area (Å²) in [5.41, 5.74) is 0.662. The highest BCUT2D eigenvalue weighted by Crippen LogP contribution is 2.22. The van der Waals surface area contributed by atoms with Gasteiger partial charge in [0.05, 0.1) is 0 Å². The van der Waals surface area contributed by atoms with Crippen LogP contribution in [0.25, 0.3) is 10.8 Å². The first-order valence-corrected chi connectivity index (χ1v) is 5.78. The summed E-state index contributed by atoms with van der Waals surface area (Å²) in [6, 6.07) is 13.2. The molecule has 2 aromatic carbocycles. The zero-order valence-electron chi connectivity index (χ0n) is 10.4. The molecule has 0 saturated heterocycles. The van der Waals surface area contributed by atoms with Crippen molar-refractivity contribution in [2.24, 2.45) is 0 Å². The molecule has 0 fully saturated rings. The highest BCUT2D eigenvalue weighted by molar-refractivity contribution is 6.08. The van der Waals surface area contributed by atoms with Crippen molar-refractivity contribution in [1.29, 1.82) is 0 Å². The molecule has 0 unspecified atom stereocenters. The first-order chi connectivity index (χ1) is 9.08. The maximum absolute atomic E-state index is 11.7. The molecule has 0 atom stereocenters. The fourth-order valence-electron chi connectivity index (χ4n) is 1.76. The predicted octanol–water partition coefficient (Wildman–Crippen LogP) is 2.81. The number of benzene rings is 2. The van der Waals surface area contributed by atoms with E-state index >= 15 is 0 Å². The number of carboxylic acids is 1. The zero-order valence-corrected chi connectivity index (χ0v) is 10.4. The Morgan fingerprint density at radius 3 is 2.53 bits per heavy atom. The van der Waals surface area contributed by atoms with E-state index in [9.17, 15) is 9.59 Å². The van der Waals surface area contributed by atoms with E-state index in [2.05, 4.69) is 5.32 Å². The van der Waals surface area contributed by atoms with Crippen LogP contribution in [-0.2, 0) is 9.59 Å². The van der Waals surface area contributed by atoms with Crippen LogP contribution >= 0.6 is 0 Å². The Morgan fingerprint density at radius 2 is 1.79 bits per heavy atom. The molecule has 4 heteroatoms. The van der Waals surface area contributed by atoms with Crippen LogP contribution in [-0.4, -0.2) is 17.0 Å². The van der Waals surface area contributed by atoms with Gasteiger partial charge in [0.1, 0.15) is 0 Å². The number of hydrogen-bond donors (Lipinski definition) is 2. The van der Waals surface area contributed by atoms with Gasteiger partial charge in [-0.25, -0.2) is 4.79 Å². The quantitative estimate of drug-likeness (QED) is 0.829. The van der Waals surface area contributed by atoms with Gasteiger partial charge in [-0.2, -0.15) is 0 Å². The molecule has 2 rings (SSSR count). The van der Waals surface area contributed by atoms with Gasteiger partial charge in [0.25, 0.3) is 0 Å². The summed E-state index contributed by atoms with van der Waals surface area (Å²) in [6.07, 6.45) is 1.07. The average Bonchev–Trinajstić information content (AvgIpc) is 2.39. The SMILES string of the molecule is C/C(=C\C(=O)Nc1cccc2ccccc12)C(=O)O. The van der Waals surface area contributed by atoms with Crippen LogP contribution in [0, 0.1) is 0 Å². The van der Waals surface area contributed by atoms with Crippen LogP contribution in [0.1, 0.15) is 6.92 Å². The second kappa shape index (κ2) is 5.35. The monoisotopic (exact) mass is 255 g/mol. The van der Waals surface area contributed by atoms with Crippen molar-refractivity contribution in [2.45, 2.75) is 6.92 Å². The highest BCUT2D eigenvalue weighted by Gasteiger charge is 2.06. The number of aliphatic carboxylic acids is 1. The fraction of sp³-hybridized carbons (Fsp3) is 0.0667. The smallest absolute Gasteiger partial charge is 0.331 e. The minimum atomic E-state index is -1.10. The topological polar surface area (TPSA) is 66.4 Å². The van der Waals surface area contributed by atoms with Gasteiger partial charge < -0.3 is 10.4 Å². The minimum absolute atomic E-state index is 0.00210. The Kier molecular flexibility index (Phi) is 3.61. The first-order valence-electron chi connectivity index (χ1n) is 5.78. The van der Waals surface area contributed by atoms with E-state index < -0.39 is 11.9 Å². The van der Waals surface area contributed by atoms with Gasteiger partial charge in [0.15, 0.2) is 0 Å². The van der Waals surface area contributed by atoms with Gasteiger partial charge in [-0.05, 0) is 18.4 Å². The van der Waals surface area contributed by atoms with Crippen LogP contribution in [0.2, 0.25) is 0 Å². The third-order valence-corrected chi connectivity index (χ3v) is 2.73. The van der Waals surface area contributed by atoms with Crippen molar-refractivity contribution >= 4 is 28.3 Å². The molecule has 2 aromatic rings. The first kappa shape index (κ1) is 12.8. The lowest BCUT2D eigenvalue weighted by atomic mass is 10.1. The Hall–Kier alpha value is -2.62. The second-order valence-electron chi connectivity index (χ2n) is 4.15. The number of carboxylic acid groups (broad SMARTS) is 1. The van der Waals surface area contributed by atoms with E-state index in [1.165, 1.54) is 6.92 Å². The largest absolute Gasteiger partial charge is 0.478 e. The molecule has 0 bridgehead atoms. The van der Waals surface area contributed by atoms with Gasteiger partial charge in [0.2, 0.25) is 5.91 Å². The van der Waals surface area contributed by atoms with Crippen LogP contribution in [0.5, 0.6) is 0 Å². The van der Waals surface area contributed by atoms with E-state index in [-0.39, 0.29) is 5.57 Å². The zero-order chi connectivity index (χ0) is 13.8. The van der Waals surface area contributed by atoms with E-state index in [1.54, 1.807) is 6.07 Å². The summed E-state index contributed by atoms with van der Waals surface area (Å²) >= 11 is 0. The number of rotatable bonds is 3. The van der Waals surface area contributed by atoms with Gasteiger partial charge in [0, 0.05) is 22.7 Å². The predicted molar refractivity (Wildman–Crippen MR) is 74.0 cm³/mol. The van der Waals surface area contributed by atoms with Gasteiger partial charge >= 0.3 is 5.97 Å². The Bertz CT molecular complexity index is 669. The Labute approximate surface area is 110 Å². The van der Waals surface area contributed by atoms with Crippen molar-refractivity contribution in [1.82, 2.24) is 0 Å². The third-order valence-electron chi connectivity index (χ3n) is 2.73. The summed E-state index contributed by atoms with van der Waals surface area (Å²) in [5.74, 6) is -1.55.